The predicted molar refractivity (Wildman–Crippen MR) is 56.0 cm³/mol. The average Bonchev–Trinajstić information content (AvgIpc) is 2.59. The minimum absolute atomic E-state index is 0.0464. The molecule has 0 saturated heterocycles. The Morgan fingerprint density at radius 2 is 2.50 bits per heavy atom. The molecule has 78 valence electrons. The van der Waals surface area contributed by atoms with Gasteiger partial charge in [0.05, 0.1) is 6.54 Å². The van der Waals surface area contributed by atoms with Gasteiger partial charge in [0.25, 0.3) is 0 Å². The van der Waals surface area contributed by atoms with Gasteiger partial charge >= 0.3 is 0 Å². The van der Waals surface area contributed by atoms with Crippen LogP contribution in [0.2, 0.25) is 0 Å². The highest BCUT2D eigenvalue weighted by Crippen LogP contribution is 2.14. The maximum absolute atomic E-state index is 11.1. The van der Waals surface area contributed by atoms with Gasteiger partial charge in [0.15, 0.2) is 0 Å². The molecule has 1 heterocycles. The number of carbonyl (C=O) groups excluding carboxylic acids is 1. The standard InChI is InChI=1S/C9H14N2O2S/c1-6-2-3-14-8(6)5-11-9(13)7(12)4-10/h2-3,7,12H,4-5,10H2,1H3,(H,11,13). The number of amides is 1. The third kappa shape index (κ3) is 2.80. The van der Waals surface area contributed by atoms with Crippen LogP contribution in [0.3, 0.4) is 0 Å². The van der Waals surface area contributed by atoms with Crippen molar-refractivity contribution in [2.45, 2.75) is 19.6 Å². The lowest BCUT2D eigenvalue weighted by molar-refractivity contribution is -0.128. The van der Waals surface area contributed by atoms with Crippen molar-refractivity contribution < 1.29 is 9.90 Å². The summed E-state index contributed by atoms with van der Waals surface area (Å²) in [6.45, 7) is 2.39. The molecule has 1 amide bonds. The second-order valence-electron chi connectivity index (χ2n) is 3.00. The van der Waals surface area contributed by atoms with Crippen molar-refractivity contribution in [2.24, 2.45) is 5.73 Å². The maximum atomic E-state index is 11.1. The van der Waals surface area contributed by atoms with Gasteiger partial charge in [-0.2, -0.15) is 0 Å². The van der Waals surface area contributed by atoms with Crippen LogP contribution in [0.25, 0.3) is 0 Å². The number of hydrogen-bond donors (Lipinski definition) is 3. The van der Waals surface area contributed by atoms with E-state index < -0.39 is 12.0 Å². The van der Waals surface area contributed by atoms with Crippen molar-refractivity contribution in [1.29, 1.82) is 0 Å². The van der Waals surface area contributed by atoms with E-state index in [4.69, 9.17) is 10.8 Å². The van der Waals surface area contributed by atoms with Crippen molar-refractivity contribution in [3.05, 3.63) is 21.9 Å². The van der Waals surface area contributed by atoms with Gasteiger partial charge in [-0.1, -0.05) is 0 Å². The quantitative estimate of drug-likeness (QED) is 0.660. The molecule has 0 aliphatic heterocycles. The van der Waals surface area contributed by atoms with Crippen LogP contribution in [-0.2, 0) is 11.3 Å². The Hall–Kier alpha value is -0.910. The summed E-state index contributed by atoms with van der Waals surface area (Å²) >= 11 is 1.58. The molecule has 0 saturated carbocycles. The fourth-order valence-corrected chi connectivity index (χ4v) is 1.82. The van der Waals surface area contributed by atoms with Gasteiger partial charge in [0.2, 0.25) is 5.91 Å². The van der Waals surface area contributed by atoms with Crippen molar-refractivity contribution in [3.63, 3.8) is 0 Å². The topological polar surface area (TPSA) is 75.3 Å². The van der Waals surface area contributed by atoms with Gasteiger partial charge in [0, 0.05) is 11.4 Å². The van der Waals surface area contributed by atoms with E-state index in [1.807, 2.05) is 18.4 Å². The van der Waals surface area contributed by atoms with Gasteiger partial charge < -0.3 is 16.2 Å². The van der Waals surface area contributed by atoms with Crippen molar-refractivity contribution in [3.8, 4) is 0 Å². The SMILES string of the molecule is Cc1ccsc1CNC(=O)C(O)CN. The zero-order valence-electron chi connectivity index (χ0n) is 7.99. The molecule has 0 aliphatic rings. The zero-order valence-corrected chi connectivity index (χ0v) is 8.80. The number of nitrogens with one attached hydrogen (secondary N) is 1. The number of hydrogen-bond acceptors (Lipinski definition) is 4. The Morgan fingerprint density at radius 1 is 1.79 bits per heavy atom. The molecule has 1 rings (SSSR count). The maximum Gasteiger partial charge on any atom is 0.250 e. The molecule has 5 heteroatoms. The van der Waals surface area contributed by atoms with Crippen LogP contribution in [0, 0.1) is 6.92 Å². The number of aryl methyl sites for hydroxylation is 1. The molecule has 1 atom stereocenters. The van der Waals surface area contributed by atoms with E-state index in [1.165, 1.54) is 0 Å². The van der Waals surface area contributed by atoms with Crippen LogP contribution in [0.5, 0.6) is 0 Å². The summed E-state index contributed by atoms with van der Waals surface area (Å²) in [4.78, 5) is 12.2. The van der Waals surface area contributed by atoms with Crippen molar-refractivity contribution in [2.75, 3.05) is 6.54 Å². The third-order valence-electron chi connectivity index (χ3n) is 1.92. The summed E-state index contributed by atoms with van der Waals surface area (Å²) < 4.78 is 0. The Labute approximate surface area is 86.7 Å². The number of rotatable bonds is 4. The van der Waals surface area contributed by atoms with E-state index in [1.54, 1.807) is 11.3 Å². The smallest absolute Gasteiger partial charge is 0.250 e. The molecule has 0 aliphatic carbocycles. The van der Waals surface area contributed by atoms with E-state index in [9.17, 15) is 4.79 Å². The molecule has 1 aromatic rings. The summed E-state index contributed by atoms with van der Waals surface area (Å²) in [5.74, 6) is -0.416. The van der Waals surface area contributed by atoms with Crippen molar-refractivity contribution >= 4 is 17.2 Å². The molecule has 4 N–H and O–H groups in total. The Bertz CT molecular complexity index is 312. The normalized spacial score (nSPS) is 12.5. The molecular weight excluding hydrogens is 200 g/mol. The summed E-state index contributed by atoms with van der Waals surface area (Å²) in [5.41, 5.74) is 6.29. The largest absolute Gasteiger partial charge is 0.382 e. The second kappa shape index (κ2) is 5.09. The van der Waals surface area contributed by atoms with E-state index in [0.29, 0.717) is 6.54 Å². The predicted octanol–water partition coefficient (Wildman–Crippen LogP) is -0.00768. The number of nitrogens with two attached hydrogens (primary N) is 1. The Balaban J connectivity index is 2.41. The highest BCUT2D eigenvalue weighted by atomic mass is 32.1. The first-order valence-electron chi connectivity index (χ1n) is 4.34. The summed E-state index contributed by atoms with van der Waals surface area (Å²) in [6.07, 6.45) is -1.10. The summed E-state index contributed by atoms with van der Waals surface area (Å²) in [6, 6.07) is 1.99. The van der Waals surface area contributed by atoms with Gasteiger partial charge in [-0.15, -0.1) is 11.3 Å². The van der Waals surface area contributed by atoms with E-state index in [0.717, 1.165) is 10.4 Å². The molecule has 0 bridgehead atoms. The van der Waals surface area contributed by atoms with Crippen LogP contribution < -0.4 is 11.1 Å². The third-order valence-corrected chi connectivity index (χ3v) is 2.94. The first-order valence-corrected chi connectivity index (χ1v) is 5.22. The molecule has 1 aromatic heterocycles. The number of aliphatic hydroxyl groups excluding tert-OH is 1. The Kier molecular flexibility index (Phi) is 4.06. The molecule has 0 fully saturated rings. The lowest BCUT2D eigenvalue weighted by Crippen LogP contribution is -2.38. The number of thiophene rings is 1. The minimum atomic E-state index is -1.10. The number of aliphatic hydroxyl groups is 1. The van der Waals surface area contributed by atoms with Crippen LogP contribution in [0.15, 0.2) is 11.4 Å². The first kappa shape index (κ1) is 11.2. The molecule has 0 spiro atoms. The van der Waals surface area contributed by atoms with Gasteiger partial charge in [-0.25, -0.2) is 0 Å². The second-order valence-corrected chi connectivity index (χ2v) is 4.00. The first-order chi connectivity index (χ1) is 6.65. The molecular formula is C9H14N2O2S. The van der Waals surface area contributed by atoms with Crippen LogP contribution >= 0.6 is 11.3 Å². The van der Waals surface area contributed by atoms with Gasteiger partial charge in [-0.05, 0) is 23.9 Å². The number of carbonyl (C=O) groups is 1. The zero-order chi connectivity index (χ0) is 10.6. The molecule has 0 radical (unpaired) electrons. The highest BCUT2D eigenvalue weighted by Gasteiger charge is 2.12. The highest BCUT2D eigenvalue weighted by molar-refractivity contribution is 7.10. The van der Waals surface area contributed by atoms with Gasteiger partial charge in [0.1, 0.15) is 6.10 Å². The lowest BCUT2D eigenvalue weighted by atomic mass is 10.3. The van der Waals surface area contributed by atoms with E-state index in [-0.39, 0.29) is 6.54 Å². The molecule has 14 heavy (non-hydrogen) atoms. The fourth-order valence-electron chi connectivity index (χ4n) is 0.977. The van der Waals surface area contributed by atoms with Gasteiger partial charge in [-0.3, -0.25) is 4.79 Å². The fraction of sp³-hybridized carbons (Fsp3) is 0.444. The average molecular weight is 214 g/mol. The van der Waals surface area contributed by atoms with E-state index in [2.05, 4.69) is 5.32 Å². The van der Waals surface area contributed by atoms with E-state index >= 15 is 0 Å². The van der Waals surface area contributed by atoms with Crippen LogP contribution in [-0.4, -0.2) is 23.7 Å². The van der Waals surface area contributed by atoms with Crippen LogP contribution in [0.4, 0.5) is 0 Å². The monoisotopic (exact) mass is 214 g/mol. The summed E-state index contributed by atoms with van der Waals surface area (Å²) in [7, 11) is 0. The summed E-state index contributed by atoms with van der Waals surface area (Å²) in [5, 5.41) is 13.7. The molecule has 0 aromatic carbocycles. The van der Waals surface area contributed by atoms with Crippen molar-refractivity contribution in [1.82, 2.24) is 5.32 Å². The molecule has 1 unspecified atom stereocenters. The minimum Gasteiger partial charge on any atom is -0.382 e. The lowest BCUT2D eigenvalue weighted by Gasteiger charge is -2.08. The molecule has 4 nitrogen and oxygen atoms in total. The Morgan fingerprint density at radius 3 is 3.00 bits per heavy atom. The van der Waals surface area contributed by atoms with Crippen LogP contribution in [0.1, 0.15) is 10.4 Å².